The lowest BCUT2D eigenvalue weighted by Gasteiger charge is -2.39. The van der Waals surface area contributed by atoms with Gasteiger partial charge in [-0.05, 0) is 38.3 Å². The van der Waals surface area contributed by atoms with Crippen LogP contribution in [0.2, 0.25) is 0 Å². The van der Waals surface area contributed by atoms with Crippen molar-refractivity contribution in [2.24, 2.45) is 0 Å². The van der Waals surface area contributed by atoms with Crippen LogP contribution in [0, 0.1) is 13.8 Å². The topological polar surface area (TPSA) is 48.0 Å². The number of rotatable bonds is 3. The average Bonchev–Trinajstić information content (AvgIpc) is 2.58. The molecule has 0 aliphatic carbocycles. The first kappa shape index (κ1) is 17.4. The van der Waals surface area contributed by atoms with E-state index in [9.17, 15) is 4.79 Å². The van der Waals surface area contributed by atoms with E-state index in [0.29, 0.717) is 26.4 Å². The first-order valence-corrected chi connectivity index (χ1v) is 8.76. The molecule has 0 bridgehead atoms. The number of hydrogen-bond acceptors (Lipinski definition) is 4. The molecular formula is C19H27NO4. The SMILES string of the molecule is Cc1ccc(C)c([C@@H]2CN(C(=O)CC3OCCCO3)[C@@H](C)CO2)c1. The molecule has 0 spiro atoms. The summed E-state index contributed by atoms with van der Waals surface area (Å²) < 4.78 is 17.1. The highest BCUT2D eigenvalue weighted by molar-refractivity contribution is 5.77. The minimum Gasteiger partial charge on any atom is -0.370 e. The Morgan fingerprint density at radius 2 is 1.96 bits per heavy atom. The minimum absolute atomic E-state index is 0.0711. The molecule has 0 unspecified atom stereocenters. The van der Waals surface area contributed by atoms with E-state index >= 15 is 0 Å². The van der Waals surface area contributed by atoms with Crippen LogP contribution in [0.4, 0.5) is 0 Å². The second kappa shape index (κ2) is 7.64. The van der Waals surface area contributed by atoms with Crippen molar-refractivity contribution in [3.63, 3.8) is 0 Å². The van der Waals surface area contributed by atoms with Crippen molar-refractivity contribution >= 4 is 5.91 Å². The molecule has 5 nitrogen and oxygen atoms in total. The molecule has 0 saturated carbocycles. The fraction of sp³-hybridized carbons (Fsp3) is 0.632. The van der Waals surface area contributed by atoms with Crippen molar-refractivity contribution in [3.8, 4) is 0 Å². The van der Waals surface area contributed by atoms with Crippen molar-refractivity contribution in [2.45, 2.75) is 52.0 Å². The normalized spacial score (nSPS) is 25.7. The maximum atomic E-state index is 12.7. The predicted octanol–water partition coefficient (Wildman–Crippen LogP) is 2.74. The van der Waals surface area contributed by atoms with E-state index in [1.807, 2.05) is 11.8 Å². The highest BCUT2D eigenvalue weighted by atomic mass is 16.7. The number of hydrogen-bond donors (Lipinski definition) is 0. The lowest BCUT2D eigenvalue weighted by Crippen LogP contribution is -2.49. The van der Waals surface area contributed by atoms with E-state index in [1.165, 1.54) is 16.7 Å². The summed E-state index contributed by atoms with van der Waals surface area (Å²) in [5, 5.41) is 0. The number of ether oxygens (including phenoxy) is 3. The monoisotopic (exact) mass is 333 g/mol. The maximum Gasteiger partial charge on any atom is 0.228 e. The van der Waals surface area contributed by atoms with Gasteiger partial charge in [0.25, 0.3) is 0 Å². The molecule has 1 amide bonds. The fourth-order valence-electron chi connectivity index (χ4n) is 3.31. The molecule has 24 heavy (non-hydrogen) atoms. The van der Waals surface area contributed by atoms with Gasteiger partial charge in [-0.15, -0.1) is 0 Å². The molecule has 3 rings (SSSR count). The van der Waals surface area contributed by atoms with Crippen LogP contribution < -0.4 is 0 Å². The van der Waals surface area contributed by atoms with E-state index in [1.54, 1.807) is 0 Å². The summed E-state index contributed by atoms with van der Waals surface area (Å²) in [7, 11) is 0. The summed E-state index contributed by atoms with van der Waals surface area (Å²) >= 11 is 0. The highest BCUT2D eigenvalue weighted by Crippen LogP contribution is 2.28. The number of nitrogens with zero attached hydrogens (tertiary/aromatic N) is 1. The molecule has 1 aromatic rings. The van der Waals surface area contributed by atoms with Crippen LogP contribution in [-0.2, 0) is 19.0 Å². The Hall–Kier alpha value is -1.43. The lowest BCUT2D eigenvalue weighted by atomic mass is 9.98. The molecule has 2 atom stereocenters. The summed E-state index contributed by atoms with van der Waals surface area (Å²) in [6, 6.07) is 6.45. The van der Waals surface area contributed by atoms with E-state index in [0.717, 1.165) is 6.42 Å². The van der Waals surface area contributed by atoms with Gasteiger partial charge in [0.1, 0.15) is 6.10 Å². The smallest absolute Gasteiger partial charge is 0.228 e. The second-order valence-electron chi connectivity index (χ2n) is 6.81. The van der Waals surface area contributed by atoms with Crippen molar-refractivity contribution in [1.82, 2.24) is 4.90 Å². The Bertz CT molecular complexity index is 583. The molecule has 5 heteroatoms. The second-order valence-corrected chi connectivity index (χ2v) is 6.81. The van der Waals surface area contributed by atoms with Crippen LogP contribution in [-0.4, -0.2) is 49.5 Å². The molecule has 2 heterocycles. The van der Waals surface area contributed by atoms with Crippen LogP contribution in [0.1, 0.15) is 42.6 Å². The van der Waals surface area contributed by atoms with E-state index in [-0.39, 0.29) is 24.5 Å². The molecule has 2 aliphatic rings. The molecular weight excluding hydrogens is 306 g/mol. The maximum absolute atomic E-state index is 12.7. The zero-order chi connectivity index (χ0) is 17.1. The highest BCUT2D eigenvalue weighted by Gasteiger charge is 2.32. The number of benzene rings is 1. The molecule has 0 aromatic heterocycles. The van der Waals surface area contributed by atoms with Gasteiger partial charge in [0.05, 0.1) is 38.8 Å². The van der Waals surface area contributed by atoms with Gasteiger partial charge in [-0.25, -0.2) is 0 Å². The minimum atomic E-state index is -0.402. The van der Waals surface area contributed by atoms with Gasteiger partial charge in [-0.3, -0.25) is 4.79 Å². The van der Waals surface area contributed by atoms with Gasteiger partial charge < -0.3 is 19.1 Å². The molecule has 0 N–H and O–H groups in total. The number of carbonyl (C=O) groups excluding carboxylic acids is 1. The summed E-state index contributed by atoms with van der Waals surface area (Å²) in [6.45, 7) is 8.66. The Morgan fingerprint density at radius 3 is 2.71 bits per heavy atom. The Morgan fingerprint density at radius 1 is 1.21 bits per heavy atom. The number of aryl methyl sites for hydroxylation is 2. The van der Waals surface area contributed by atoms with Crippen molar-refractivity contribution < 1.29 is 19.0 Å². The number of amides is 1. The van der Waals surface area contributed by atoms with Crippen LogP contribution in [0.25, 0.3) is 0 Å². The largest absolute Gasteiger partial charge is 0.370 e. The predicted molar refractivity (Wildman–Crippen MR) is 90.7 cm³/mol. The van der Waals surface area contributed by atoms with E-state index in [4.69, 9.17) is 14.2 Å². The van der Waals surface area contributed by atoms with Crippen LogP contribution in [0.3, 0.4) is 0 Å². The first-order chi connectivity index (χ1) is 11.5. The quantitative estimate of drug-likeness (QED) is 0.853. The molecule has 1 aromatic carbocycles. The van der Waals surface area contributed by atoms with Crippen LogP contribution in [0.15, 0.2) is 18.2 Å². The summed E-state index contributed by atoms with van der Waals surface area (Å²) in [5.74, 6) is 0.0769. The average molecular weight is 333 g/mol. The van der Waals surface area contributed by atoms with Gasteiger partial charge in [0.15, 0.2) is 6.29 Å². The molecule has 2 saturated heterocycles. The third-order valence-corrected chi connectivity index (χ3v) is 4.77. The van der Waals surface area contributed by atoms with Gasteiger partial charge in [0.2, 0.25) is 5.91 Å². The molecule has 2 aliphatic heterocycles. The molecule has 0 radical (unpaired) electrons. The summed E-state index contributed by atoms with van der Waals surface area (Å²) in [6.07, 6.45) is 0.704. The zero-order valence-corrected chi connectivity index (χ0v) is 14.8. The summed E-state index contributed by atoms with van der Waals surface area (Å²) in [4.78, 5) is 14.6. The van der Waals surface area contributed by atoms with E-state index in [2.05, 4.69) is 32.0 Å². The third kappa shape index (κ3) is 3.97. The number of morpholine rings is 1. The summed E-state index contributed by atoms with van der Waals surface area (Å²) in [5.41, 5.74) is 3.58. The first-order valence-electron chi connectivity index (χ1n) is 8.76. The van der Waals surface area contributed by atoms with Crippen LogP contribution >= 0.6 is 0 Å². The molecule has 2 fully saturated rings. The Labute approximate surface area is 143 Å². The lowest BCUT2D eigenvalue weighted by molar-refractivity contribution is -0.190. The van der Waals surface area contributed by atoms with E-state index < -0.39 is 6.29 Å². The Balaban J connectivity index is 1.68. The zero-order valence-electron chi connectivity index (χ0n) is 14.8. The van der Waals surface area contributed by atoms with Crippen molar-refractivity contribution in [3.05, 3.63) is 34.9 Å². The van der Waals surface area contributed by atoms with Crippen LogP contribution in [0.5, 0.6) is 0 Å². The molecule has 132 valence electrons. The third-order valence-electron chi connectivity index (χ3n) is 4.77. The van der Waals surface area contributed by atoms with Crippen molar-refractivity contribution in [1.29, 1.82) is 0 Å². The fourth-order valence-corrected chi connectivity index (χ4v) is 3.31. The van der Waals surface area contributed by atoms with Gasteiger partial charge >= 0.3 is 0 Å². The van der Waals surface area contributed by atoms with Gasteiger partial charge in [-0.1, -0.05) is 23.8 Å². The van der Waals surface area contributed by atoms with Gasteiger partial charge in [-0.2, -0.15) is 0 Å². The number of carbonyl (C=O) groups is 1. The standard InChI is InChI=1S/C19H27NO4/c1-13-5-6-14(2)16(9-13)17-11-20(15(3)12-24-17)18(21)10-19-22-7-4-8-23-19/h5-6,9,15,17,19H,4,7-8,10-12H2,1-3H3/t15-,17-/m0/s1. The Kier molecular flexibility index (Phi) is 5.54. The van der Waals surface area contributed by atoms with Gasteiger partial charge in [0, 0.05) is 0 Å². The van der Waals surface area contributed by atoms with Crippen molar-refractivity contribution in [2.75, 3.05) is 26.4 Å².